The Morgan fingerprint density at radius 3 is 2.61 bits per heavy atom. The lowest BCUT2D eigenvalue weighted by molar-refractivity contribution is 0.00590. The molecule has 3 rings (SSSR count). The summed E-state index contributed by atoms with van der Waals surface area (Å²) < 4.78 is 4.66. The Kier molecular flexibility index (Phi) is 2.56. The molecular weight excluding hydrogens is 234 g/mol. The summed E-state index contributed by atoms with van der Waals surface area (Å²) in [6, 6.07) is 6.99. The molecule has 1 amide bonds. The second kappa shape index (κ2) is 4.23. The van der Waals surface area contributed by atoms with Crippen molar-refractivity contribution < 1.29 is 14.4 Å². The summed E-state index contributed by atoms with van der Waals surface area (Å²) in [5.41, 5.74) is 1.39. The maximum atomic E-state index is 11.9. The second-order valence-corrected chi connectivity index (χ2v) is 4.20. The summed E-state index contributed by atoms with van der Waals surface area (Å²) in [5.74, 6) is 0.424. The van der Waals surface area contributed by atoms with Gasteiger partial charge in [-0.25, -0.2) is 0 Å². The van der Waals surface area contributed by atoms with Gasteiger partial charge < -0.3 is 14.5 Å². The summed E-state index contributed by atoms with van der Waals surface area (Å²) in [5, 5.41) is 12.9. The standard InChI is InChI=1S/C12H11N3O3/c16-10-5-15(6-10)12(17)9-3-1-8(2-4-9)11-13-7-18-14-11/h1-4,7,10,16H,5-6H2. The highest BCUT2D eigenvalue weighted by Gasteiger charge is 2.29. The van der Waals surface area contributed by atoms with E-state index in [1.165, 1.54) is 6.39 Å². The molecule has 1 aromatic carbocycles. The minimum absolute atomic E-state index is 0.0695. The van der Waals surface area contributed by atoms with E-state index in [0.29, 0.717) is 24.5 Å². The van der Waals surface area contributed by atoms with Crippen molar-refractivity contribution in [1.82, 2.24) is 15.0 Å². The SMILES string of the molecule is O=C(c1ccc(-c2ncon2)cc1)N1CC(O)C1. The largest absolute Gasteiger partial charge is 0.389 e. The maximum Gasteiger partial charge on any atom is 0.254 e. The van der Waals surface area contributed by atoms with Gasteiger partial charge in [-0.05, 0) is 12.1 Å². The first-order valence-electron chi connectivity index (χ1n) is 5.58. The number of hydrogen-bond donors (Lipinski definition) is 1. The van der Waals surface area contributed by atoms with Crippen LogP contribution in [0, 0.1) is 0 Å². The van der Waals surface area contributed by atoms with E-state index in [9.17, 15) is 4.79 Å². The Hall–Kier alpha value is -2.21. The molecule has 0 radical (unpaired) electrons. The van der Waals surface area contributed by atoms with Gasteiger partial charge in [0, 0.05) is 24.2 Å². The first-order chi connectivity index (χ1) is 8.74. The average Bonchev–Trinajstić information content (AvgIpc) is 2.88. The van der Waals surface area contributed by atoms with Crippen LogP contribution in [-0.4, -0.2) is 45.2 Å². The minimum Gasteiger partial charge on any atom is -0.389 e. The summed E-state index contributed by atoms with van der Waals surface area (Å²) in [6.45, 7) is 0.816. The van der Waals surface area contributed by atoms with Crippen molar-refractivity contribution in [2.75, 3.05) is 13.1 Å². The number of β-amino-alcohol motifs (C(OH)–C–C–N with tert-alkyl or cyclic N) is 1. The third kappa shape index (κ3) is 1.86. The molecule has 6 heteroatoms. The number of aliphatic hydroxyl groups excluding tert-OH is 1. The van der Waals surface area contributed by atoms with Gasteiger partial charge in [0.15, 0.2) is 0 Å². The van der Waals surface area contributed by atoms with Crippen LogP contribution in [0.3, 0.4) is 0 Å². The maximum absolute atomic E-state index is 11.9. The van der Waals surface area contributed by atoms with Crippen LogP contribution >= 0.6 is 0 Å². The van der Waals surface area contributed by atoms with E-state index in [-0.39, 0.29) is 12.0 Å². The lowest BCUT2D eigenvalue weighted by Gasteiger charge is -2.35. The molecule has 1 saturated heterocycles. The highest BCUT2D eigenvalue weighted by Crippen LogP contribution is 2.18. The van der Waals surface area contributed by atoms with E-state index in [2.05, 4.69) is 14.7 Å². The Balaban J connectivity index is 1.77. The number of hydrogen-bond acceptors (Lipinski definition) is 5. The third-order valence-corrected chi connectivity index (χ3v) is 2.90. The fourth-order valence-corrected chi connectivity index (χ4v) is 1.86. The smallest absolute Gasteiger partial charge is 0.254 e. The molecular formula is C12H11N3O3. The van der Waals surface area contributed by atoms with Crippen LogP contribution in [0.2, 0.25) is 0 Å². The lowest BCUT2D eigenvalue weighted by atomic mass is 10.1. The molecule has 2 heterocycles. The van der Waals surface area contributed by atoms with Crippen molar-refractivity contribution in [3.05, 3.63) is 36.2 Å². The van der Waals surface area contributed by atoms with Gasteiger partial charge in [-0.3, -0.25) is 4.79 Å². The van der Waals surface area contributed by atoms with Gasteiger partial charge in [-0.1, -0.05) is 17.3 Å². The number of nitrogens with zero attached hydrogens (tertiary/aromatic N) is 3. The minimum atomic E-state index is -0.382. The number of amides is 1. The van der Waals surface area contributed by atoms with Crippen LogP contribution in [0.15, 0.2) is 35.2 Å². The van der Waals surface area contributed by atoms with Gasteiger partial charge in [0.2, 0.25) is 12.2 Å². The number of carbonyl (C=O) groups is 1. The lowest BCUT2D eigenvalue weighted by Crippen LogP contribution is -2.53. The number of benzene rings is 1. The predicted molar refractivity (Wildman–Crippen MR) is 61.6 cm³/mol. The highest BCUT2D eigenvalue weighted by molar-refractivity contribution is 5.95. The molecule has 0 spiro atoms. The molecule has 0 aliphatic carbocycles. The molecule has 92 valence electrons. The van der Waals surface area contributed by atoms with Crippen molar-refractivity contribution >= 4 is 5.91 Å². The van der Waals surface area contributed by atoms with Gasteiger partial charge in [0.1, 0.15) is 0 Å². The molecule has 1 fully saturated rings. The zero-order chi connectivity index (χ0) is 12.5. The Labute approximate surface area is 103 Å². The number of aliphatic hydroxyl groups is 1. The number of rotatable bonds is 2. The molecule has 1 aliphatic heterocycles. The third-order valence-electron chi connectivity index (χ3n) is 2.90. The number of carbonyl (C=O) groups excluding carboxylic acids is 1. The van der Waals surface area contributed by atoms with E-state index < -0.39 is 0 Å². The first-order valence-corrected chi connectivity index (χ1v) is 5.58. The molecule has 0 bridgehead atoms. The molecule has 1 N–H and O–H groups in total. The Morgan fingerprint density at radius 1 is 1.33 bits per heavy atom. The molecule has 0 atom stereocenters. The average molecular weight is 245 g/mol. The summed E-state index contributed by atoms with van der Waals surface area (Å²) in [6.07, 6.45) is 0.878. The van der Waals surface area contributed by atoms with Crippen LogP contribution in [0.25, 0.3) is 11.4 Å². The summed E-state index contributed by atoms with van der Waals surface area (Å²) in [7, 11) is 0. The van der Waals surface area contributed by atoms with Crippen molar-refractivity contribution in [2.24, 2.45) is 0 Å². The van der Waals surface area contributed by atoms with Crippen molar-refractivity contribution in [3.8, 4) is 11.4 Å². The van der Waals surface area contributed by atoms with Gasteiger partial charge in [0.05, 0.1) is 6.10 Å². The number of likely N-dealkylation sites (tertiary alicyclic amines) is 1. The van der Waals surface area contributed by atoms with Crippen molar-refractivity contribution in [1.29, 1.82) is 0 Å². The van der Waals surface area contributed by atoms with Crippen LogP contribution in [0.4, 0.5) is 0 Å². The van der Waals surface area contributed by atoms with E-state index in [4.69, 9.17) is 5.11 Å². The molecule has 6 nitrogen and oxygen atoms in total. The van der Waals surface area contributed by atoms with E-state index in [1.807, 2.05) is 0 Å². The van der Waals surface area contributed by atoms with E-state index in [1.54, 1.807) is 29.2 Å². The quantitative estimate of drug-likeness (QED) is 0.836. The monoisotopic (exact) mass is 245 g/mol. The Bertz CT molecular complexity index is 544. The summed E-state index contributed by atoms with van der Waals surface area (Å²) >= 11 is 0. The molecule has 18 heavy (non-hydrogen) atoms. The predicted octanol–water partition coefficient (Wildman–Crippen LogP) is 0.553. The fraction of sp³-hybridized carbons (Fsp3) is 0.250. The normalized spacial score (nSPS) is 15.5. The molecule has 1 aromatic heterocycles. The van der Waals surface area contributed by atoms with Crippen LogP contribution in [0.1, 0.15) is 10.4 Å². The molecule has 2 aromatic rings. The highest BCUT2D eigenvalue weighted by atomic mass is 16.5. The topological polar surface area (TPSA) is 79.5 Å². The molecule has 1 aliphatic rings. The van der Waals surface area contributed by atoms with Crippen LogP contribution in [0.5, 0.6) is 0 Å². The zero-order valence-corrected chi connectivity index (χ0v) is 9.48. The fourth-order valence-electron chi connectivity index (χ4n) is 1.86. The van der Waals surface area contributed by atoms with Crippen molar-refractivity contribution in [2.45, 2.75) is 6.10 Å². The molecule has 0 unspecified atom stereocenters. The summed E-state index contributed by atoms with van der Waals surface area (Å²) in [4.78, 5) is 17.5. The van der Waals surface area contributed by atoms with Gasteiger partial charge in [-0.15, -0.1) is 0 Å². The van der Waals surface area contributed by atoms with Gasteiger partial charge in [-0.2, -0.15) is 4.98 Å². The van der Waals surface area contributed by atoms with E-state index >= 15 is 0 Å². The van der Waals surface area contributed by atoms with Gasteiger partial charge in [0.25, 0.3) is 5.91 Å². The number of aromatic nitrogens is 2. The van der Waals surface area contributed by atoms with Gasteiger partial charge >= 0.3 is 0 Å². The first kappa shape index (κ1) is 10.9. The van der Waals surface area contributed by atoms with Crippen LogP contribution < -0.4 is 0 Å². The zero-order valence-electron chi connectivity index (χ0n) is 9.48. The van der Waals surface area contributed by atoms with Crippen LogP contribution in [-0.2, 0) is 0 Å². The second-order valence-electron chi connectivity index (χ2n) is 4.20. The molecule has 0 saturated carbocycles. The van der Waals surface area contributed by atoms with E-state index in [0.717, 1.165) is 5.56 Å². The van der Waals surface area contributed by atoms with Crippen molar-refractivity contribution in [3.63, 3.8) is 0 Å². The Morgan fingerprint density at radius 2 is 2.06 bits per heavy atom.